The number of aliphatic carboxylic acids is 1. The number of carboxylic acids is 1. The molecule has 0 saturated heterocycles. The number of nitrogens with zero attached hydrogens (tertiary/aromatic N) is 1. The van der Waals surface area contributed by atoms with E-state index in [1.54, 1.807) is 24.3 Å². The van der Waals surface area contributed by atoms with Gasteiger partial charge in [0.05, 0.1) is 12.3 Å². The van der Waals surface area contributed by atoms with Gasteiger partial charge in [0.25, 0.3) is 0 Å². The van der Waals surface area contributed by atoms with Crippen LogP contribution in [0.15, 0.2) is 30.3 Å². The van der Waals surface area contributed by atoms with E-state index in [2.05, 4.69) is 4.72 Å². The number of hydrogen-bond donors (Lipinski definition) is 2. The van der Waals surface area contributed by atoms with E-state index in [9.17, 15) is 23.1 Å². The molecule has 0 saturated carbocycles. The molecule has 1 aromatic rings. The standard InChI is InChI=1S/C16H24N2O6S/c1-18(14(16(20)21)11-13-7-4-3-5-8-13)15(19)12-17-25(22,23)10-6-9-24-2/h3-5,7-8,14,17H,6,9-12H2,1-2H3,(H,20,21). The number of sulfonamides is 1. The lowest BCUT2D eigenvalue weighted by Crippen LogP contribution is -2.48. The van der Waals surface area contributed by atoms with E-state index < -0.39 is 34.5 Å². The van der Waals surface area contributed by atoms with Crippen LogP contribution in [0, 0.1) is 0 Å². The number of rotatable bonds is 11. The summed E-state index contributed by atoms with van der Waals surface area (Å²) in [5, 5.41) is 9.38. The second-order valence-corrected chi connectivity index (χ2v) is 7.46. The summed E-state index contributed by atoms with van der Waals surface area (Å²) < 4.78 is 30.5. The minimum Gasteiger partial charge on any atom is -0.480 e. The van der Waals surface area contributed by atoms with Gasteiger partial charge >= 0.3 is 5.97 Å². The molecule has 1 amide bonds. The van der Waals surface area contributed by atoms with Gasteiger partial charge in [0.15, 0.2) is 0 Å². The second-order valence-electron chi connectivity index (χ2n) is 5.53. The molecular weight excluding hydrogens is 348 g/mol. The molecule has 0 radical (unpaired) electrons. The minimum atomic E-state index is -3.61. The third-order valence-corrected chi connectivity index (χ3v) is 5.03. The van der Waals surface area contributed by atoms with Gasteiger partial charge in [0.1, 0.15) is 6.04 Å². The van der Waals surface area contributed by atoms with Crippen molar-refractivity contribution in [3.8, 4) is 0 Å². The molecule has 0 heterocycles. The van der Waals surface area contributed by atoms with Crippen molar-refractivity contribution in [1.29, 1.82) is 0 Å². The number of carboxylic acid groups (broad SMARTS) is 1. The monoisotopic (exact) mass is 372 g/mol. The van der Waals surface area contributed by atoms with Crippen LogP contribution in [0.2, 0.25) is 0 Å². The number of ether oxygens (including phenoxy) is 1. The SMILES string of the molecule is COCCCS(=O)(=O)NCC(=O)N(C)C(Cc1ccccc1)C(=O)O. The Balaban J connectivity index is 2.63. The molecule has 2 N–H and O–H groups in total. The highest BCUT2D eigenvalue weighted by Crippen LogP contribution is 2.08. The molecule has 0 aliphatic heterocycles. The van der Waals surface area contributed by atoms with Crippen molar-refractivity contribution < 1.29 is 27.9 Å². The Bertz CT molecular complexity index is 662. The summed E-state index contributed by atoms with van der Waals surface area (Å²) in [6, 6.07) is 7.84. The minimum absolute atomic E-state index is 0.138. The Morgan fingerprint density at radius 2 is 1.92 bits per heavy atom. The van der Waals surface area contributed by atoms with Crippen molar-refractivity contribution in [2.45, 2.75) is 18.9 Å². The Kier molecular flexibility index (Phi) is 8.53. The number of hydrogen-bond acceptors (Lipinski definition) is 5. The lowest BCUT2D eigenvalue weighted by atomic mass is 10.1. The first-order chi connectivity index (χ1) is 11.8. The molecule has 0 aliphatic rings. The largest absolute Gasteiger partial charge is 0.480 e. The highest BCUT2D eigenvalue weighted by Gasteiger charge is 2.27. The zero-order valence-electron chi connectivity index (χ0n) is 14.3. The van der Waals surface area contributed by atoms with Gasteiger partial charge < -0.3 is 14.7 Å². The van der Waals surface area contributed by atoms with Crippen LogP contribution in [0.5, 0.6) is 0 Å². The molecule has 1 unspecified atom stereocenters. The third kappa shape index (κ3) is 7.63. The molecule has 8 nitrogen and oxygen atoms in total. The fraction of sp³-hybridized carbons (Fsp3) is 0.500. The Morgan fingerprint density at radius 1 is 1.28 bits per heavy atom. The van der Waals surface area contributed by atoms with Crippen LogP contribution in [0.3, 0.4) is 0 Å². The third-order valence-electron chi connectivity index (χ3n) is 3.62. The molecular formula is C16H24N2O6S. The van der Waals surface area contributed by atoms with E-state index in [-0.39, 0.29) is 12.2 Å². The first kappa shape index (κ1) is 21.1. The molecule has 1 atom stereocenters. The maximum atomic E-state index is 12.2. The molecule has 0 aromatic heterocycles. The predicted octanol–water partition coefficient (Wildman–Crippen LogP) is 0.0966. The van der Waals surface area contributed by atoms with Crippen molar-refractivity contribution in [3.63, 3.8) is 0 Å². The molecule has 1 rings (SSSR count). The normalized spacial score (nSPS) is 12.6. The van der Waals surface area contributed by atoms with Gasteiger partial charge in [-0.25, -0.2) is 17.9 Å². The smallest absolute Gasteiger partial charge is 0.326 e. The highest BCUT2D eigenvalue weighted by molar-refractivity contribution is 7.89. The van der Waals surface area contributed by atoms with Crippen molar-refractivity contribution in [3.05, 3.63) is 35.9 Å². The Labute approximate surface area is 147 Å². The molecule has 25 heavy (non-hydrogen) atoms. The molecule has 0 aliphatic carbocycles. The summed E-state index contributed by atoms with van der Waals surface area (Å²) in [4.78, 5) is 24.7. The van der Waals surface area contributed by atoms with E-state index >= 15 is 0 Å². The number of carbonyl (C=O) groups is 2. The van der Waals surface area contributed by atoms with Gasteiger partial charge in [0, 0.05) is 27.2 Å². The number of nitrogens with one attached hydrogen (secondary N) is 1. The maximum absolute atomic E-state index is 12.2. The second kappa shape index (κ2) is 10.1. The summed E-state index contributed by atoms with van der Waals surface area (Å²) in [7, 11) is -0.792. The van der Waals surface area contributed by atoms with Crippen molar-refractivity contribution in [1.82, 2.24) is 9.62 Å². The van der Waals surface area contributed by atoms with Crippen LogP contribution >= 0.6 is 0 Å². The number of amides is 1. The molecule has 9 heteroatoms. The van der Waals surface area contributed by atoms with E-state index in [0.717, 1.165) is 10.5 Å². The summed E-state index contributed by atoms with van der Waals surface area (Å²) in [5.74, 6) is -1.93. The summed E-state index contributed by atoms with van der Waals surface area (Å²) in [5.41, 5.74) is 0.773. The van der Waals surface area contributed by atoms with E-state index in [4.69, 9.17) is 4.74 Å². The maximum Gasteiger partial charge on any atom is 0.326 e. The molecule has 140 valence electrons. The van der Waals surface area contributed by atoms with Crippen molar-refractivity contribution in [2.24, 2.45) is 0 Å². The number of carbonyl (C=O) groups excluding carboxylic acids is 1. The zero-order chi connectivity index (χ0) is 18.9. The number of benzene rings is 1. The van der Waals surface area contributed by atoms with Crippen LogP contribution < -0.4 is 4.72 Å². The van der Waals surface area contributed by atoms with E-state index in [1.807, 2.05) is 6.07 Å². The fourth-order valence-electron chi connectivity index (χ4n) is 2.16. The Hall–Kier alpha value is -1.97. The average Bonchev–Trinajstić information content (AvgIpc) is 2.58. The molecule has 0 spiro atoms. The van der Waals surface area contributed by atoms with Crippen LogP contribution in [0.4, 0.5) is 0 Å². The fourth-order valence-corrected chi connectivity index (χ4v) is 3.15. The van der Waals surface area contributed by atoms with Crippen LogP contribution in [0.1, 0.15) is 12.0 Å². The van der Waals surface area contributed by atoms with Crippen LogP contribution in [-0.2, 0) is 30.8 Å². The zero-order valence-corrected chi connectivity index (χ0v) is 15.2. The van der Waals surface area contributed by atoms with E-state index in [1.165, 1.54) is 14.2 Å². The summed E-state index contributed by atoms with van der Waals surface area (Å²) >= 11 is 0. The number of methoxy groups -OCH3 is 1. The van der Waals surface area contributed by atoms with Crippen molar-refractivity contribution >= 4 is 21.9 Å². The highest BCUT2D eigenvalue weighted by atomic mass is 32.2. The average molecular weight is 372 g/mol. The van der Waals surface area contributed by atoms with E-state index in [0.29, 0.717) is 13.0 Å². The predicted molar refractivity (Wildman–Crippen MR) is 92.6 cm³/mol. The quantitative estimate of drug-likeness (QED) is 0.533. The van der Waals surface area contributed by atoms with Gasteiger partial charge in [-0.3, -0.25) is 4.79 Å². The van der Waals surface area contributed by atoms with Crippen molar-refractivity contribution in [2.75, 3.05) is 33.1 Å². The van der Waals surface area contributed by atoms with Gasteiger partial charge in [-0.2, -0.15) is 0 Å². The summed E-state index contributed by atoms with van der Waals surface area (Å²) in [6.07, 6.45) is 0.445. The molecule has 1 aromatic carbocycles. The van der Waals surface area contributed by atoms with Gasteiger partial charge in [-0.15, -0.1) is 0 Å². The number of likely N-dealkylation sites (N-methyl/N-ethyl adjacent to an activating group) is 1. The first-order valence-corrected chi connectivity index (χ1v) is 9.40. The Morgan fingerprint density at radius 3 is 2.48 bits per heavy atom. The first-order valence-electron chi connectivity index (χ1n) is 7.75. The summed E-state index contributed by atoms with van der Waals surface area (Å²) in [6.45, 7) is -0.183. The lowest BCUT2D eigenvalue weighted by Gasteiger charge is -2.25. The van der Waals surface area contributed by atoms with Crippen LogP contribution in [0.25, 0.3) is 0 Å². The van der Waals surface area contributed by atoms with Gasteiger partial charge in [-0.1, -0.05) is 30.3 Å². The van der Waals surface area contributed by atoms with Gasteiger partial charge in [0.2, 0.25) is 15.9 Å². The topological polar surface area (TPSA) is 113 Å². The molecule has 0 fully saturated rings. The van der Waals surface area contributed by atoms with Gasteiger partial charge in [-0.05, 0) is 12.0 Å². The molecule has 0 bridgehead atoms. The van der Waals surface area contributed by atoms with Crippen LogP contribution in [-0.4, -0.2) is 69.4 Å². The lowest BCUT2D eigenvalue weighted by molar-refractivity contribution is -0.148.